The van der Waals surface area contributed by atoms with Crippen LogP contribution in [0.3, 0.4) is 0 Å². The number of piperazine rings is 1. The molecule has 0 aliphatic carbocycles. The summed E-state index contributed by atoms with van der Waals surface area (Å²) in [5.41, 5.74) is 3.50. The van der Waals surface area contributed by atoms with E-state index in [1.165, 1.54) is 0 Å². The van der Waals surface area contributed by atoms with Gasteiger partial charge in [0.15, 0.2) is 5.82 Å². The van der Waals surface area contributed by atoms with Gasteiger partial charge in [-0.25, -0.2) is 9.97 Å². The number of nitrogens with zero attached hydrogens (tertiary/aromatic N) is 7. The summed E-state index contributed by atoms with van der Waals surface area (Å²) < 4.78 is 0. The van der Waals surface area contributed by atoms with Crippen LogP contribution < -0.4 is 15.1 Å². The molecule has 0 bridgehead atoms. The summed E-state index contributed by atoms with van der Waals surface area (Å²) in [5, 5.41) is 22.2. The van der Waals surface area contributed by atoms with Crippen molar-refractivity contribution in [3.05, 3.63) is 48.3 Å². The maximum atomic E-state index is 10.3. The van der Waals surface area contributed by atoms with Crippen molar-refractivity contribution >= 4 is 17.5 Å². The Morgan fingerprint density at radius 1 is 0.912 bits per heavy atom. The van der Waals surface area contributed by atoms with Crippen LogP contribution in [0.4, 0.5) is 17.5 Å². The van der Waals surface area contributed by atoms with Crippen LogP contribution in [0.2, 0.25) is 0 Å². The molecule has 9 heteroatoms. The van der Waals surface area contributed by atoms with Gasteiger partial charge >= 0.3 is 0 Å². The van der Waals surface area contributed by atoms with Gasteiger partial charge in [-0.1, -0.05) is 12.1 Å². The number of aromatic nitrogens is 4. The molecule has 178 valence electrons. The molecule has 3 aromatic rings. The van der Waals surface area contributed by atoms with E-state index < -0.39 is 0 Å². The molecule has 0 spiro atoms. The average molecular weight is 461 g/mol. The fraction of sp³-hybridized carbons (Fsp3) is 0.440. The first kappa shape index (κ1) is 22.3. The predicted octanol–water partition coefficient (Wildman–Crippen LogP) is 2.78. The molecule has 9 nitrogen and oxygen atoms in total. The Morgan fingerprint density at radius 2 is 1.62 bits per heavy atom. The second-order valence-corrected chi connectivity index (χ2v) is 9.03. The minimum absolute atomic E-state index is 0.215. The molecule has 0 saturated carbocycles. The molecule has 2 aliphatic rings. The van der Waals surface area contributed by atoms with Crippen molar-refractivity contribution < 1.29 is 5.11 Å². The number of hydrogen-bond acceptors (Lipinski definition) is 9. The Labute approximate surface area is 200 Å². The number of aromatic hydroxyl groups is 1. The summed E-state index contributed by atoms with van der Waals surface area (Å²) in [6.45, 7) is 7.91. The number of aryl methyl sites for hydroxylation is 1. The molecule has 2 saturated heterocycles. The fourth-order valence-electron chi connectivity index (χ4n) is 4.93. The number of phenols is 1. The van der Waals surface area contributed by atoms with E-state index in [9.17, 15) is 5.11 Å². The van der Waals surface area contributed by atoms with Crippen molar-refractivity contribution in [2.45, 2.75) is 25.8 Å². The summed E-state index contributed by atoms with van der Waals surface area (Å²) in [6.07, 6.45) is 6.05. The Kier molecular flexibility index (Phi) is 6.44. The lowest BCUT2D eigenvalue weighted by Gasteiger charge is -2.43. The van der Waals surface area contributed by atoms with Crippen LogP contribution in [0.5, 0.6) is 5.75 Å². The van der Waals surface area contributed by atoms with Crippen molar-refractivity contribution in [1.29, 1.82) is 0 Å². The SMILES string of the molecule is CNc1nnc(-c2ccccc2O)cc1N1CCN(C2CCN(c3ncc(C)cn3)CC2)CC1. The highest BCUT2D eigenvalue weighted by atomic mass is 16.3. The maximum Gasteiger partial charge on any atom is 0.225 e. The molecule has 5 rings (SSSR count). The molecule has 2 N–H and O–H groups in total. The zero-order valence-corrected chi connectivity index (χ0v) is 19.9. The number of benzene rings is 1. The molecule has 2 aliphatic heterocycles. The second-order valence-electron chi connectivity index (χ2n) is 9.03. The van der Waals surface area contributed by atoms with Gasteiger partial charge in [0.1, 0.15) is 5.75 Å². The second kappa shape index (κ2) is 9.80. The third-order valence-corrected chi connectivity index (χ3v) is 6.88. The summed E-state index contributed by atoms with van der Waals surface area (Å²) >= 11 is 0. The minimum Gasteiger partial charge on any atom is -0.507 e. The highest BCUT2D eigenvalue weighted by Gasteiger charge is 2.29. The number of para-hydroxylation sites is 1. The van der Waals surface area contributed by atoms with Crippen molar-refractivity contribution in [3.63, 3.8) is 0 Å². The third kappa shape index (κ3) is 4.61. The predicted molar refractivity (Wildman–Crippen MR) is 134 cm³/mol. The van der Waals surface area contributed by atoms with Gasteiger partial charge in [-0.15, -0.1) is 10.2 Å². The van der Waals surface area contributed by atoms with E-state index in [1.54, 1.807) is 6.07 Å². The Bertz CT molecular complexity index is 1110. The number of phenolic OH excluding ortho intramolecular Hbond substituents is 1. The molecule has 2 fully saturated rings. The van der Waals surface area contributed by atoms with Crippen LogP contribution in [-0.4, -0.2) is 82.5 Å². The molecule has 4 heterocycles. The molecule has 0 amide bonds. The Morgan fingerprint density at radius 3 is 2.29 bits per heavy atom. The molecule has 2 aromatic heterocycles. The van der Waals surface area contributed by atoms with E-state index in [0.29, 0.717) is 17.3 Å². The van der Waals surface area contributed by atoms with Gasteiger partial charge in [-0.3, -0.25) is 4.90 Å². The standard InChI is InChI=1S/C25H32N8O/c1-18-16-27-25(28-17-18)33-9-7-19(8-10-33)31-11-13-32(14-12-31)22-15-21(29-30-24(22)26-2)20-5-3-4-6-23(20)34/h3-6,15-17,19,34H,7-14H2,1-2H3,(H,26,30). The zero-order chi connectivity index (χ0) is 23.5. The number of hydrogen-bond donors (Lipinski definition) is 2. The molecular weight excluding hydrogens is 428 g/mol. The van der Waals surface area contributed by atoms with E-state index in [4.69, 9.17) is 0 Å². The quantitative estimate of drug-likeness (QED) is 0.596. The number of piperidine rings is 1. The van der Waals surface area contributed by atoms with E-state index in [-0.39, 0.29) is 5.75 Å². The van der Waals surface area contributed by atoms with Crippen LogP contribution in [0.25, 0.3) is 11.3 Å². The molecule has 34 heavy (non-hydrogen) atoms. The molecule has 0 unspecified atom stereocenters. The Balaban J connectivity index is 1.22. The van der Waals surface area contributed by atoms with Gasteiger partial charge in [0.2, 0.25) is 5.95 Å². The number of rotatable bonds is 5. The van der Waals surface area contributed by atoms with Crippen LogP contribution in [0.1, 0.15) is 18.4 Å². The van der Waals surface area contributed by atoms with Crippen LogP contribution >= 0.6 is 0 Å². The summed E-state index contributed by atoms with van der Waals surface area (Å²) in [5.74, 6) is 1.82. The summed E-state index contributed by atoms with van der Waals surface area (Å²) in [6, 6.07) is 9.89. The Hall–Kier alpha value is -3.46. The summed E-state index contributed by atoms with van der Waals surface area (Å²) in [4.78, 5) is 16.3. The molecule has 0 atom stereocenters. The first-order valence-electron chi connectivity index (χ1n) is 12.0. The van der Waals surface area contributed by atoms with E-state index >= 15 is 0 Å². The van der Waals surface area contributed by atoms with Gasteiger partial charge in [0.25, 0.3) is 0 Å². The fourth-order valence-corrected chi connectivity index (χ4v) is 4.93. The van der Waals surface area contributed by atoms with E-state index in [0.717, 1.165) is 75.1 Å². The van der Waals surface area contributed by atoms with Crippen LogP contribution in [0, 0.1) is 6.92 Å². The molecule has 1 aromatic carbocycles. The first-order chi connectivity index (χ1) is 16.6. The molecular formula is C25H32N8O. The smallest absolute Gasteiger partial charge is 0.225 e. The minimum atomic E-state index is 0.215. The van der Waals surface area contributed by atoms with Crippen molar-refractivity contribution in [2.24, 2.45) is 0 Å². The normalized spacial score (nSPS) is 17.7. The van der Waals surface area contributed by atoms with Gasteiger partial charge in [0, 0.05) is 70.3 Å². The average Bonchev–Trinajstić information content (AvgIpc) is 2.89. The van der Waals surface area contributed by atoms with E-state index in [2.05, 4.69) is 40.2 Å². The van der Waals surface area contributed by atoms with Crippen LogP contribution in [-0.2, 0) is 0 Å². The largest absolute Gasteiger partial charge is 0.507 e. The van der Waals surface area contributed by atoms with Crippen molar-refractivity contribution in [3.8, 4) is 17.0 Å². The molecule has 0 radical (unpaired) electrons. The lowest BCUT2D eigenvalue weighted by atomic mass is 10.0. The topological polar surface area (TPSA) is 93.5 Å². The lowest BCUT2D eigenvalue weighted by Crippen LogP contribution is -2.53. The van der Waals surface area contributed by atoms with Crippen molar-refractivity contribution in [1.82, 2.24) is 25.1 Å². The van der Waals surface area contributed by atoms with Gasteiger partial charge in [-0.2, -0.15) is 0 Å². The number of anilines is 3. The first-order valence-corrected chi connectivity index (χ1v) is 12.0. The van der Waals surface area contributed by atoms with E-state index in [1.807, 2.05) is 50.6 Å². The van der Waals surface area contributed by atoms with Crippen LogP contribution in [0.15, 0.2) is 42.7 Å². The van der Waals surface area contributed by atoms with Crippen molar-refractivity contribution in [2.75, 3.05) is 61.4 Å². The third-order valence-electron chi connectivity index (χ3n) is 6.88. The van der Waals surface area contributed by atoms with Gasteiger partial charge in [0.05, 0.1) is 11.4 Å². The van der Waals surface area contributed by atoms with Gasteiger partial charge < -0.3 is 20.2 Å². The van der Waals surface area contributed by atoms with Gasteiger partial charge in [-0.05, 0) is 43.5 Å². The maximum absolute atomic E-state index is 10.3. The highest BCUT2D eigenvalue weighted by Crippen LogP contribution is 2.33. The summed E-state index contributed by atoms with van der Waals surface area (Å²) in [7, 11) is 1.87. The zero-order valence-electron chi connectivity index (χ0n) is 19.9. The lowest BCUT2D eigenvalue weighted by molar-refractivity contribution is 0.159. The number of nitrogens with one attached hydrogen (secondary N) is 1. The highest BCUT2D eigenvalue weighted by molar-refractivity contribution is 5.75. The monoisotopic (exact) mass is 460 g/mol.